The van der Waals surface area contributed by atoms with Gasteiger partial charge in [0.1, 0.15) is 54.0 Å². The fourth-order valence-electron chi connectivity index (χ4n) is 8.23. The fourth-order valence-corrected chi connectivity index (χ4v) is 8.77. The van der Waals surface area contributed by atoms with Crippen molar-refractivity contribution in [3.8, 4) is 0 Å². The van der Waals surface area contributed by atoms with Crippen molar-refractivity contribution in [2.45, 2.75) is 95.4 Å². The van der Waals surface area contributed by atoms with Crippen LogP contribution in [0, 0.1) is 24.5 Å². The molecule has 23 heteroatoms. The summed E-state index contributed by atoms with van der Waals surface area (Å²) in [5.41, 5.74) is 1.13. The van der Waals surface area contributed by atoms with Gasteiger partial charge in [0.25, 0.3) is 0 Å². The monoisotopic (exact) mass is 905 g/mol. The Kier molecular flexibility index (Phi) is 14.5. The Hall–Kier alpha value is -5.54. The van der Waals surface area contributed by atoms with Crippen LogP contribution in [0.5, 0.6) is 0 Å². The van der Waals surface area contributed by atoms with Crippen LogP contribution in [-0.2, 0) is 53.8 Å². The highest BCUT2D eigenvalue weighted by atomic mass is 31.2. The molecule has 9 atom stereocenters. The van der Waals surface area contributed by atoms with E-state index in [1.807, 2.05) is 6.92 Å². The third-order valence-corrected chi connectivity index (χ3v) is 11.8. The maximum atomic E-state index is 14.9. The van der Waals surface area contributed by atoms with Gasteiger partial charge in [0.2, 0.25) is 29.5 Å². The number of phosphoric ester groups is 1. The van der Waals surface area contributed by atoms with Gasteiger partial charge in [0, 0.05) is 44.2 Å². The van der Waals surface area contributed by atoms with E-state index in [0.29, 0.717) is 11.8 Å². The van der Waals surface area contributed by atoms with Gasteiger partial charge in [-0.15, -0.1) is 0 Å². The number of hydrogen-bond acceptors (Lipinski definition) is 11. The summed E-state index contributed by atoms with van der Waals surface area (Å²) in [6.07, 6.45) is -3.95. The number of aryl methyl sites for hydroxylation is 1. The predicted octanol–water partition coefficient (Wildman–Crippen LogP) is 0.484. The highest BCUT2D eigenvalue weighted by Gasteiger charge is 2.50. The molecule has 6 rings (SSSR count). The summed E-state index contributed by atoms with van der Waals surface area (Å²) in [4.78, 5) is 121. The number of anilines is 1. The lowest BCUT2D eigenvalue weighted by atomic mass is 10.0. The molecule has 63 heavy (non-hydrogen) atoms. The summed E-state index contributed by atoms with van der Waals surface area (Å²) in [5, 5.41) is 10.1. The van der Waals surface area contributed by atoms with Crippen LogP contribution in [-0.4, -0.2) is 147 Å². The largest absolute Gasteiger partial charge is 0.469 e. The maximum absolute atomic E-state index is 14.9. The molecule has 4 aliphatic heterocycles. The third-order valence-electron chi connectivity index (χ3n) is 11.3. The van der Waals surface area contributed by atoms with Crippen molar-refractivity contribution in [1.82, 2.24) is 30.7 Å². The molecule has 0 aromatic heterocycles. The second kappa shape index (κ2) is 19.5. The Bertz CT molecular complexity index is 2140. The van der Waals surface area contributed by atoms with E-state index < -0.39 is 129 Å². The van der Waals surface area contributed by atoms with Gasteiger partial charge in [0.15, 0.2) is 0 Å². The summed E-state index contributed by atoms with van der Waals surface area (Å²) in [5.74, 6) is -7.69. The number of nitrogens with zero attached hydrogens (tertiary/aromatic N) is 3. The SMILES string of the molecule is Cc1ccc(NC(=O)N[C@@H](Cc2cc(F)cc(F)c2)C(=O)N[C@@H]2C(=O)N3C[C@H](OP(=O)(O)O)C[C@H]3C(=O)N3CCOC[C@H]3C(=O)N[C@@H](C)C(=O)N3C[C@H](C)C[C@H]3C(=O)O[C@H]2C)cc1. The quantitative estimate of drug-likeness (QED) is 0.156. The van der Waals surface area contributed by atoms with E-state index in [-0.39, 0.29) is 44.2 Å². The van der Waals surface area contributed by atoms with E-state index in [9.17, 15) is 56.7 Å². The van der Waals surface area contributed by atoms with E-state index >= 15 is 0 Å². The Balaban J connectivity index is 1.39. The van der Waals surface area contributed by atoms with Crippen LogP contribution in [0.1, 0.15) is 44.7 Å². The zero-order valence-electron chi connectivity index (χ0n) is 34.8. The van der Waals surface area contributed by atoms with Crippen molar-refractivity contribution in [2.24, 2.45) is 5.92 Å². The lowest BCUT2D eigenvalue weighted by Crippen LogP contribution is -2.64. The molecule has 0 unspecified atom stereocenters. The number of carbonyl (C=O) groups is 7. The summed E-state index contributed by atoms with van der Waals surface area (Å²) in [6, 6.07) is -0.761. The molecule has 0 aliphatic carbocycles. The average molecular weight is 906 g/mol. The third kappa shape index (κ3) is 11.5. The molecule has 6 N–H and O–H groups in total. The molecular formula is C40H50F2N7O13P. The zero-order chi connectivity index (χ0) is 45.9. The molecule has 2 aromatic rings. The standard InChI is InChI=1S/C40H50F2N7O13P/c1-20-5-7-27(8-6-20)44-40(56)45-29(14-24-12-25(41)15-26(42)13-24)34(50)46-33-23(4)61-39(55)31-11-21(2)17-48(31)36(52)22(3)43-35(51)32-19-60-10-9-47(32)37(53)30-16-28(62-63(57,58)59)18-49(30)38(33)54/h5-8,12-13,15,21-23,28-33H,9-11,14,16-19H2,1-4H3,(H,43,51)(H,46,50)(H2,44,45,56)(H2,57,58,59)/t21-,22+,23+,28-,29+,30+,31+,32+,33+/m1/s1. The molecule has 4 heterocycles. The van der Waals surface area contributed by atoms with Crippen molar-refractivity contribution in [1.29, 1.82) is 0 Å². The summed E-state index contributed by atoms with van der Waals surface area (Å²) >= 11 is 0. The first-order chi connectivity index (χ1) is 29.7. The van der Waals surface area contributed by atoms with Crippen LogP contribution in [0.4, 0.5) is 19.3 Å². The molecule has 0 radical (unpaired) electrons. The minimum Gasteiger partial charge on any atom is -0.458 e. The maximum Gasteiger partial charge on any atom is 0.469 e. The van der Waals surface area contributed by atoms with Gasteiger partial charge in [-0.1, -0.05) is 24.6 Å². The number of cyclic esters (lactones) is 1. The fraction of sp³-hybridized carbons (Fsp3) is 0.525. The van der Waals surface area contributed by atoms with E-state index in [1.165, 1.54) is 18.7 Å². The number of fused-ring (bicyclic) bond motifs is 3. The minimum atomic E-state index is -5.22. The topological polar surface area (TPSA) is 263 Å². The van der Waals surface area contributed by atoms with E-state index in [2.05, 4.69) is 21.3 Å². The molecule has 20 nitrogen and oxygen atoms in total. The van der Waals surface area contributed by atoms with Gasteiger partial charge in [-0.2, -0.15) is 0 Å². The number of ether oxygens (including phenoxy) is 2. The second-order valence-electron chi connectivity index (χ2n) is 16.3. The van der Waals surface area contributed by atoms with E-state index in [1.54, 1.807) is 31.2 Å². The van der Waals surface area contributed by atoms with Crippen molar-refractivity contribution in [3.63, 3.8) is 0 Å². The first-order valence-electron chi connectivity index (χ1n) is 20.3. The Morgan fingerprint density at radius 1 is 0.905 bits per heavy atom. The second-order valence-corrected chi connectivity index (χ2v) is 17.5. The molecule has 4 saturated heterocycles. The molecular weight excluding hydrogens is 855 g/mol. The van der Waals surface area contributed by atoms with Gasteiger partial charge in [0.05, 0.1) is 19.3 Å². The van der Waals surface area contributed by atoms with Crippen LogP contribution in [0.3, 0.4) is 0 Å². The number of amides is 7. The van der Waals surface area contributed by atoms with Gasteiger partial charge < -0.3 is 55.2 Å². The predicted molar refractivity (Wildman–Crippen MR) is 215 cm³/mol. The van der Waals surface area contributed by atoms with Crippen molar-refractivity contribution in [2.75, 3.05) is 38.2 Å². The number of carbonyl (C=O) groups excluding carboxylic acids is 7. The van der Waals surface area contributed by atoms with E-state index in [4.69, 9.17) is 14.0 Å². The number of esters is 1. The number of urea groups is 1. The van der Waals surface area contributed by atoms with Crippen LogP contribution < -0.4 is 21.3 Å². The first-order valence-corrected chi connectivity index (χ1v) is 21.8. The smallest absolute Gasteiger partial charge is 0.458 e. The highest BCUT2D eigenvalue weighted by molar-refractivity contribution is 7.46. The van der Waals surface area contributed by atoms with Crippen LogP contribution in [0.15, 0.2) is 42.5 Å². The lowest BCUT2D eigenvalue weighted by molar-refractivity contribution is -0.164. The first kappa shape index (κ1) is 47.0. The van der Waals surface area contributed by atoms with Crippen LogP contribution in [0.25, 0.3) is 0 Å². The molecule has 7 amide bonds. The Morgan fingerprint density at radius 3 is 2.24 bits per heavy atom. The van der Waals surface area contributed by atoms with Gasteiger partial charge >= 0.3 is 19.8 Å². The molecule has 4 aliphatic rings. The number of rotatable bonds is 8. The Labute approximate surface area is 360 Å². The molecule has 0 spiro atoms. The molecule has 342 valence electrons. The van der Waals surface area contributed by atoms with Crippen LogP contribution >= 0.6 is 7.82 Å². The number of hydrogen-bond donors (Lipinski definition) is 6. The zero-order valence-corrected chi connectivity index (χ0v) is 35.7. The van der Waals surface area contributed by atoms with Crippen LogP contribution in [0.2, 0.25) is 0 Å². The summed E-state index contributed by atoms with van der Waals surface area (Å²) < 4.78 is 57.1. The summed E-state index contributed by atoms with van der Waals surface area (Å²) in [7, 11) is -5.22. The number of phosphoric acid groups is 1. The molecule has 0 saturated carbocycles. The average Bonchev–Trinajstić information content (AvgIpc) is 3.81. The molecule has 2 aromatic carbocycles. The minimum absolute atomic E-state index is 0.0345. The van der Waals surface area contributed by atoms with Crippen molar-refractivity contribution in [3.05, 3.63) is 65.2 Å². The number of morpholine rings is 1. The Morgan fingerprint density at radius 2 is 1.57 bits per heavy atom. The summed E-state index contributed by atoms with van der Waals surface area (Å²) in [6.45, 7) is 5.22. The van der Waals surface area contributed by atoms with Gasteiger partial charge in [-0.3, -0.25) is 28.5 Å². The number of benzene rings is 2. The molecule has 4 fully saturated rings. The highest BCUT2D eigenvalue weighted by Crippen LogP contribution is 2.41. The normalized spacial score (nSPS) is 27.7. The number of halogens is 2. The van der Waals surface area contributed by atoms with Gasteiger partial charge in [-0.05, 0) is 62.9 Å². The number of nitrogens with one attached hydrogen (secondary N) is 4. The lowest BCUT2D eigenvalue weighted by Gasteiger charge is -2.39. The van der Waals surface area contributed by atoms with Crippen molar-refractivity contribution < 1.29 is 70.7 Å². The van der Waals surface area contributed by atoms with Crippen molar-refractivity contribution >= 4 is 55.0 Å². The van der Waals surface area contributed by atoms with Gasteiger partial charge in [-0.25, -0.2) is 22.9 Å². The van der Waals surface area contributed by atoms with E-state index in [0.717, 1.165) is 27.5 Å². The molecule has 0 bridgehead atoms.